The van der Waals surface area contributed by atoms with Crippen molar-refractivity contribution >= 4 is 6.09 Å². The summed E-state index contributed by atoms with van der Waals surface area (Å²) in [5.74, 6) is 0. The fourth-order valence-corrected chi connectivity index (χ4v) is 3.08. The van der Waals surface area contributed by atoms with Crippen LogP contribution in [-0.2, 0) is 11.4 Å². The van der Waals surface area contributed by atoms with Crippen LogP contribution in [0.5, 0.6) is 0 Å². The summed E-state index contributed by atoms with van der Waals surface area (Å²) < 4.78 is 13.4. The van der Waals surface area contributed by atoms with Crippen LogP contribution >= 0.6 is 0 Å². The fraction of sp³-hybridized carbons (Fsp3) is 0.588. The van der Waals surface area contributed by atoms with Gasteiger partial charge in [-0.25, -0.2) is 9.18 Å². The molecular weight excluding hydrogens is 297 g/mol. The quantitative estimate of drug-likeness (QED) is 0.856. The smallest absolute Gasteiger partial charge is 0.351 e. The van der Waals surface area contributed by atoms with E-state index in [-0.39, 0.29) is 6.54 Å². The second-order valence-corrected chi connectivity index (χ2v) is 6.23. The lowest BCUT2D eigenvalue weighted by Crippen LogP contribution is -2.49. The largest absolute Gasteiger partial charge is 0.429 e. The van der Waals surface area contributed by atoms with E-state index in [0.29, 0.717) is 32.5 Å². The van der Waals surface area contributed by atoms with Crippen LogP contribution < -0.4 is 0 Å². The number of piperidine rings is 1. The number of halogens is 1. The van der Waals surface area contributed by atoms with Crippen molar-refractivity contribution in [2.24, 2.45) is 0 Å². The number of hydrogen-bond donors (Lipinski definition) is 0. The molecule has 1 amide bonds. The molecule has 0 bridgehead atoms. The van der Waals surface area contributed by atoms with Crippen LogP contribution in [0.3, 0.4) is 0 Å². The third-order valence-electron chi connectivity index (χ3n) is 4.41. The SMILES string of the molecule is O=C(ON1CCN(Cc2ccccc2)CC1)N1CCCC(F)C1. The molecule has 0 saturated carbocycles. The molecule has 2 saturated heterocycles. The van der Waals surface area contributed by atoms with E-state index in [1.165, 1.54) is 10.5 Å². The molecule has 2 fully saturated rings. The number of piperazine rings is 1. The summed E-state index contributed by atoms with van der Waals surface area (Å²) in [5, 5.41) is 1.70. The van der Waals surface area contributed by atoms with Crippen molar-refractivity contribution in [1.82, 2.24) is 14.9 Å². The Morgan fingerprint density at radius 1 is 1.13 bits per heavy atom. The van der Waals surface area contributed by atoms with Gasteiger partial charge >= 0.3 is 6.09 Å². The summed E-state index contributed by atoms with van der Waals surface area (Å²) in [6.07, 6.45) is -0.0776. The minimum absolute atomic E-state index is 0.160. The maximum Gasteiger partial charge on any atom is 0.429 e. The molecule has 0 aliphatic carbocycles. The van der Waals surface area contributed by atoms with E-state index in [2.05, 4.69) is 17.0 Å². The first-order valence-corrected chi connectivity index (χ1v) is 8.33. The van der Waals surface area contributed by atoms with Gasteiger partial charge < -0.3 is 9.74 Å². The van der Waals surface area contributed by atoms with Gasteiger partial charge in [0.1, 0.15) is 6.17 Å². The third kappa shape index (κ3) is 4.65. The molecule has 1 unspecified atom stereocenters. The molecule has 1 aromatic carbocycles. The number of amides is 1. The highest BCUT2D eigenvalue weighted by molar-refractivity contribution is 5.67. The van der Waals surface area contributed by atoms with Crippen molar-refractivity contribution in [2.45, 2.75) is 25.6 Å². The van der Waals surface area contributed by atoms with Crippen molar-refractivity contribution in [1.29, 1.82) is 0 Å². The molecule has 0 spiro atoms. The van der Waals surface area contributed by atoms with Gasteiger partial charge in [-0.05, 0) is 18.4 Å². The Morgan fingerprint density at radius 3 is 2.57 bits per heavy atom. The second kappa shape index (κ2) is 7.75. The average molecular weight is 321 g/mol. The number of carbonyl (C=O) groups excluding carboxylic acids is 1. The molecule has 5 nitrogen and oxygen atoms in total. The van der Waals surface area contributed by atoms with Gasteiger partial charge in [-0.15, -0.1) is 5.06 Å². The maximum atomic E-state index is 13.4. The molecule has 1 aromatic rings. The van der Waals surface area contributed by atoms with Gasteiger partial charge in [-0.2, -0.15) is 0 Å². The fourth-order valence-electron chi connectivity index (χ4n) is 3.08. The zero-order valence-electron chi connectivity index (χ0n) is 13.4. The van der Waals surface area contributed by atoms with Gasteiger partial charge in [0, 0.05) is 39.3 Å². The summed E-state index contributed by atoms with van der Waals surface area (Å²) in [5.41, 5.74) is 1.29. The first-order valence-electron chi connectivity index (χ1n) is 8.33. The Labute approximate surface area is 136 Å². The summed E-state index contributed by atoms with van der Waals surface area (Å²) in [6.45, 7) is 4.75. The van der Waals surface area contributed by atoms with Crippen molar-refractivity contribution < 1.29 is 14.0 Å². The molecular formula is C17H24FN3O2. The molecule has 0 radical (unpaired) electrons. The highest BCUT2D eigenvalue weighted by atomic mass is 19.1. The first-order chi connectivity index (χ1) is 11.2. The number of nitrogens with zero attached hydrogens (tertiary/aromatic N) is 3. The first kappa shape index (κ1) is 16.2. The summed E-state index contributed by atoms with van der Waals surface area (Å²) in [6, 6.07) is 10.4. The van der Waals surface area contributed by atoms with E-state index in [0.717, 1.165) is 19.6 Å². The van der Waals surface area contributed by atoms with Gasteiger partial charge in [-0.3, -0.25) is 4.90 Å². The Hall–Kier alpha value is -1.66. The lowest BCUT2D eigenvalue weighted by atomic mass is 10.1. The van der Waals surface area contributed by atoms with Gasteiger partial charge in [0.25, 0.3) is 0 Å². The summed E-state index contributed by atoms with van der Waals surface area (Å²) in [4.78, 5) is 21.3. The van der Waals surface area contributed by atoms with Crippen molar-refractivity contribution in [3.8, 4) is 0 Å². The van der Waals surface area contributed by atoms with Crippen LogP contribution in [0.15, 0.2) is 30.3 Å². The number of rotatable bonds is 3. The Balaban J connectivity index is 1.41. The predicted octanol–water partition coefficient (Wildman–Crippen LogP) is 2.29. The molecule has 1 atom stereocenters. The molecule has 126 valence electrons. The monoisotopic (exact) mass is 321 g/mol. The van der Waals surface area contributed by atoms with Crippen LogP contribution in [0.1, 0.15) is 18.4 Å². The molecule has 2 heterocycles. The number of carbonyl (C=O) groups is 1. The maximum absolute atomic E-state index is 13.4. The van der Waals surface area contributed by atoms with E-state index >= 15 is 0 Å². The normalized spacial score (nSPS) is 23.7. The zero-order chi connectivity index (χ0) is 16.1. The highest BCUT2D eigenvalue weighted by Crippen LogP contribution is 2.15. The van der Waals surface area contributed by atoms with E-state index in [1.54, 1.807) is 5.06 Å². The predicted molar refractivity (Wildman–Crippen MR) is 85.5 cm³/mol. The molecule has 2 aliphatic heterocycles. The van der Waals surface area contributed by atoms with Crippen LogP contribution in [0, 0.1) is 0 Å². The van der Waals surface area contributed by atoms with Gasteiger partial charge in [0.15, 0.2) is 0 Å². The standard InChI is InChI=1S/C17H24FN3O2/c18-16-7-4-8-20(14-16)17(22)23-21-11-9-19(10-12-21)13-15-5-2-1-3-6-15/h1-3,5-6,16H,4,7-14H2. The highest BCUT2D eigenvalue weighted by Gasteiger charge is 2.27. The van der Waals surface area contributed by atoms with Crippen molar-refractivity contribution in [2.75, 3.05) is 39.3 Å². The summed E-state index contributed by atoms with van der Waals surface area (Å²) >= 11 is 0. The zero-order valence-corrected chi connectivity index (χ0v) is 13.4. The molecule has 23 heavy (non-hydrogen) atoms. The van der Waals surface area contributed by atoms with Gasteiger partial charge in [0.2, 0.25) is 0 Å². The van der Waals surface area contributed by atoms with E-state index in [4.69, 9.17) is 4.84 Å². The average Bonchev–Trinajstić information content (AvgIpc) is 2.57. The Bertz CT molecular complexity index is 506. The molecule has 3 rings (SSSR count). The number of likely N-dealkylation sites (tertiary alicyclic amines) is 1. The van der Waals surface area contributed by atoms with Crippen LogP contribution in [-0.4, -0.2) is 66.4 Å². The number of alkyl halides is 1. The lowest BCUT2D eigenvalue weighted by molar-refractivity contribution is -0.136. The minimum Gasteiger partial charge on any atom is -0.351 e. The molecule has 0 aromatic heterocycles. The Morgan fingerprint density at radius 2 is 1.87 bits per heavy atom. The van der Waals surface area contributed by atoms with Crippen molar-refractivity contribution in [3.63, 3.8) is 0 Å². The molecule has 2 aliphatic rings. The number of hydroxylamine groups is 2. The van der Waals surface area contributed by atoms with E-state index in [9.17, 15) is 9.18 Å². The van der Waals surface area contributed by atoms with Crippen molar-refractivity contribution in [3.05, 3.63) is 35.9 Å². The van der Waals surface area contributed by atoms with Crippen LogP contribution in [0.2, 0.25) is 0 Å². The van der Waals surface area contributed by atoms with E-state index in [1.807, 2.05) is 18.2 Å². The minimum atomic E-state index is -0.918. The van der Waals surface area contributed by atoms with E-state index < -0.39 is 12.3 Å². The topological polar surface area (TPSA) is 36.0 Å². The second-order valence-electron chi connectivity index (χ2n) is 6.23. The Kier molecular flexibility index (Phi) is 5.46. The lowest BCUT2D eigenvalue weighted by Gasteiger charge is -2.35. The third-order valence-corrected chi connectivity index (χ3v) is 4.41. The number of benzene rings is 1. The molecule has 6 heteroatoms. The van der Waals surface area contributed by atoms with Gasteiger partial charge in [-0.1, -0.05) is 30.3 Å². The van der Waals surface area contributed by atoms with Gasteiger partial charge in [0.05, 0.1) is 6.54 Å². The number of hydrogen-bond acceptors (Lipinski definition) is 4. The van der Waals surface area contributed by atoms with Crippen LogP contribution in [0.4, 0.5) is 9.18 Å². The molecule has 0 N–H and O–H groups in total. The summed E-state index contributed by atoms with van der Waals surface area (Å²) in [7, 11) is 0. The van der Waals surface area contributed by atoms with Crippen LogP contribution in [0.25, 0.3) is 0 Å².